The van der Waals surface area contributed by atoms with Gasteiger partial charge >= 0.3 is 0 Å². The molecule has 0 saturated carbocycles. The van der Waals surface area contributed by atoms with Crippen LogP contribution in [0.5, 0.6) is 0 Å². The fourth-order valence-electron chi connectivity index (χ4n) is 0.834. The third-order valence-corrected chi connectivity index (χ3v) is 3.99. The van der Waals surface area contributed by atoms with Gasteiger partial charge in [0.15, 0.2) is 0 Å². The van der Waals surface area contributed by atoms with Crippen molar-refractivity contribution in [3.8, 4) is 0 Å². The first-order valence-corrected chi connectivity index (χ1v) is 5.90. The van der Waals surface area contributed by atoms with E-state index in [1.807, 2.05) is 17.8 Å². The highest BCUT2D eigenvalue weighted by atomic mass is 35.5. The van der Waals surface area contributed by atoms with Gasteiger partial charge in [-0.05, 0) is 17.5 Å². The maximum Gasteiger partial charge on any atom is 0.0282 e. The van der Waals surface area contributed by atoms with Gasteiger partial charge in [0.2, 0.25) is 0 Å². The van der Waals surface area contributed by atoms with Gasteiger partial charge in [-0.1, -0.05) is 32.0 Å². The molecule has 0 radical (unpaired) electrons. The van der Waals surface area contributed by atoms with Crippen molar-refractivity contribution in [3.05, 3.63) is 30.3 Å². The minimum atomic E-state index is 0.224. The lowest BCUT2D eigenvalue weighted by Crippen LogP contribution is -2.16. The van der Waals surface area contributed by atoms with E-state index in [-0.39, 0.29) is 5.41 Å². The molecule has 72 valence electrons. The van der Waals surface area contributed by atoms with E-state index in [2.05, 4.69) is 38.1 Å². The van der Waals surface area contributed by atoms with E-state index in [9.17, 15) is 0 Å². The van der Waals surface area contributed by atoms with Crippen LogP contribution in [0.4, 0.5) is 0 Å². The molecule has 1 rings (SSSR count). The molecule has 0 N–H and O–H groups in total. The summed E-state index contributed by atoms with van der Waals surface area (Å²) in [6.07, 6.45) is 0. The van der Waals surface area contributed by atoms with Crippen molar-refractivity contribution in [2.75, 3.05) is 11.6 Å². The second kappa shape index (κ2) is 4.92. The van der Waals surface area contributed by atoms with Crippen molar-refractivity contribution in [1.29, 1.82) is 0 Å². The van der Waals surface area contributed by atoms with Crippen LogP contribution >= 0.6 is 23.4 Å². The molecule has 0 bridgehead atoms. The molecule has 0 aliphatic rings. The molecule has 0 saturated heterocycles. The SMILES string of the molecule is CC(C)(CCl)CSc1ccccc1. The third kappa shape index (κ3) is 4.06. The summed E-state index contributed by atoms with van der Waals surface area (Å²) in [6, 6.07) is 10.4. The van der Waals surface area contributed by atoms with Crippen molar-refractivity contribution >= 4 is 23.4 Å². The molecule has 2 heteroatoms. The summed E-state index contributed by atoms with van der Waals surface area (Å²) in [5, 5.41) is 0. The Morgan fingerprint density at radius 2 is 1.85 bits per heavy atom. The van der Waals surface area contributed by atoms with E-state index >= 15 is 0 Å². The van der Waals surface area contributed by atoms with Crippen LogP contribution in [-0.2, 0) is 0 Å². The topological polar surface area (TPSA) is 0 Å². The summed E-state index contributed by atoms with van der Waals surface area (Å²) in [6.45, 7) is 4.38. The maximum absolute atomic E-state index is 5.85. The molecule has 1 aromatic carbocycles. The van der Waals surface area contributed by atoms with E-state index in [0.717, 1.165) is 5.75 Å². The number of hydrogen-bond acceptors (Lipinski definition) is 1. The van der Waals surface area contributed by atoms with E-state index in [1.165, 1.54) is 4.90 Å². The van der Waals surface area contributed by atoms with Crippen LogP contribution in [0, 0.1) is 5.41 Å². The van der Waals surface area contributed by atoms with Crippen LogP contribution in [0.1, 0.15) is 13.8 Å². The highest BCUT2D eigenvalue weighted by molar-refractivity contribution is 7.99. The van der Waals surface area contributed by atoms with Crippen molar-refractivity contribution in [1.82, 2.24) is 0 Å². The molecule has 0 nitrogen and oxygen atoms in total. The average Bonchev–Trinajstić information content (AvgIpc) is 2.17. The van der Waals surface area contributed by atoms with Crippen LogP contribution < -0.4 is 0 Å². The molecule has 0 aliphatic heterocycles. The zero-order valence-electron chi connectivity index (χ0n) is 8.09. The predicted octanol–water partition coefficient (Wildman–Crippen LogP) is 4.04. The minimum absolute atomic E-state index is 0.224. The van der Waals surface area contributed by atoms with E-state index in [1.54, 1.807) is 0 Å². The van der Waals surface area contributed by atoms with E-state index < -0.39 is 0 Å². The zero-order chi connectivity index (χ0) is 9.73. The van der Waals surface area contributed by atoms with Gasteiger partial charge in [-0.2, -0.15) is 0 Å². The Balaban J connectivity index is 2.44. The molecule has 0 aromatic heterocycles. The monoisotopic (exact) mass is 214 g/mol. The van der Waals surface area contributed by atoms with Gasteiger partial charge in [0.25, 0.3) is 0 Å². The van der Waals surface area contributed by atoms with E-state index in [0.29, 0.717) is 5.88 Å². The second-order valence-electron chi connectivity index (χ2n) is 3.90. The highest BCUT2D eigenvalue weighted by Gasteiger charge is 2.16. The van der Waals surface area contributed by atoms with Crippen molar-refractivity contribution in [3.63, 3.8) is 0 Å². The first-order valence-electron chi connectivity index (χ1n) is 4.38. The summed E-state index contributed by atoms with van der Waals surface area (Å²) < 4.78 is 0. The third-order valence-electron chi connectivity index (χ3n) is 1.73. The van der Waals surface area contributed by atoms with Gasteiger partial charge in [-0.3, -0.25) is 0 Å². The van der Waals surface area contributed by atoms with Gasteiger partial charge in [0.1, 0.15) is 0 Å². The number of benzene rings is 1. The number of hydrogen-bond donors (Lipinski definition) is 0. The van der Waals surface area contributed by atoms with Gasteiger partial charge in [-0.15, -0.1) is 23.4 Å². The van der Waals surface area contributed by atoms with Gasteiger partial charge in [0.05, 0.1) is 0 Å². The van der Waals surface area contributed by atoms with Crippen molar-refractivity contribution in [2.45, 2.75) is 18.7 Å². The van der Waals surface area contributed by atoms with Gasteiger partial charge in [0, 0.05) is 16.5 Å². The Bertz CT molecular complexity index is 244. The zero-order valence-corrected chi connectivity index (χ0v) is 9.66. The number of alkyl halides is 1. The van der Waals surface area contributed by atoms with Crippen molar-refractivity contribution < 1.29 is 0 Å². The molecule has 0 amide bonds. The molecular weight excluding hydrogens is 200 g/mol. The summed E-state index contributed by atoms with van der Waals surface area (Å²) >= 11 is 7.71. The lowest BCUT2D eigenvalue weighted by molar-refractivity contribution is 0.488. The fourth-order valence-corrected chi connectivity index (χ4v) is 2.05. The standard InChI is InChI=1S/C11H15ClS/c1-11(2,8-12)9-13-10-6-4-3-5-7-10/h3-7H,8-9H2,1-2H3. The summed E-state index contributed by atoms with van der Waals surface area (Å²) in [5.74, 6) is 1.79. The number of rotatable bonds is 4. The second-order valence-corrected chi connectivity index (χ2v) is 5.22. The molecular formula is C11H15ClS. The fraction of sp³-hybridized carbons (Fsp3) is 0.455. The Morgan fingerprint density at radius 3 is 2.38 bits per heavy atom. The molecule has 0 unspecified atom stereocenters. The maximum atomic E-state index is 5.85. The molecule has 0 spiro atoms. The largest absolute Gasteiger partial charge is 0.126 e. The Hall–Kier alpha value is -0.140. The lowest BCUT2D eigenvalue weighted by Gasteiger charge is -2.20. The number of thioether (sulfide) groups is 1. The summed E-state index contributed by atoms with van der Waals surface area (Å²) in [7, 11) is 0. The van der Waals surface area contributed by atoms with E-state index in [4.69, 9.17) is 11.6 Å². The van der Waals surface area contributed by atoms with Crippen LogP contribution in [0.3, 0.4) is 0 Å². The molecule has 0 heterocycles. The smallest absolute Gasteiger partial charge is 0.0282 e. The van der Waals surface area contributed by atoms with Crippen LogP contribution in [-0.4, -0.2) is 11.6 Å². The van der Waals surface area contributed by atoms with Crippen LogP contribution in [0.2, 0.25) is 0 Å². The molecule has 13 heavy (non-hydrogen) atoms. The quantitative estimate of drug-likeness (QED) is 0.539. The average molecular weight is 215 g/mol. The summed E-state index contributed by atoms with van der Waals surface area (Å²) in [4.78, 5) is 1.32. The van der Waals surface area contributed by atoms with Gasteiger partial charge in [-0.25, -0.2) is 0 Å². The molecule has 0 fully saturated rings. The number of halogens is 1. The minimum Gasteiger partial charge on any atom is -0.126 e. The van der Waals surface area contributed by atoms with Crippen molar-refractivity contribution in [2.24, 2.45) is 5.41 Å². The molecule has 0 atom stereocenters. The van der Waals surface area contributed by atoms with Gasteiger partial charge < -0.3 is 0 Å². The Labute approximate surface area is 89.7 Å². The highest BCUT2D eigenvalue weighted by Crippen LogP contribution is 2.28. The molecule has 1 aromatic rings. The Kier molecular flexibility index (Phi) is 4.14. The van der Waals surface area contributed by atoms with Crippen LogP contribution in [0.15, 0.2) is 35.2 Å². The normalized spacial score (nSPS) is 11.6. The lowest BCUT2D eigenvalue weighted by atomic mass is 10.0. The first kappa shape index (κ1) is 10.9. The predicted molar refractivity (Wildman–Crippen MR) is 61.7 cm³/mol. The van der Waals surface area contributed by atoms with Crippen LogP contribution in [0.25, 0.3) is 0 Å². The Morgan fingerprint density at radius 1 is 1.23 bits per heavy atom. The summed E-state index contributed by atoms with van der Waals surface area (Å²) in [5.41, 5.74) is 0.224. The first-order chi connectivity index (χ1) is 6.14. The molecule has 0 aliphatic carbocycles.